The lowest BCUT2D eigenvalue weighted by Gasteiger charge is -2.10. The Bertz CT molecular complexity index is 9880. The summed E-state index contributed by atoms with van der Waals surface area (Å²) in [5.74, 6) is 0. The maximum atomic E-state index is 5.20. The van der Waals surface area contributed by atoms with Gasteiger partial charge in [0, 0.05) is 88.8 Å². The fourth-order valence-corrected chi connectivity index (χ4v) is 20.8. The first-order valence-corrected chi connectivity index (χ1v) is 46.6. The Morgan fingerprint density at radius 2 is 0.377 bits per heavy atom. The molecule has 0 saturated carbocycles. The Kier molecular flexibility index (Phi) is 18.6. The van der Waals surface area contributed by atoms with Crippen LogP contribution in [0.4, 0.5) is 0 Å². The van der Waals surface area contributed by atoms with Crippen molar-refractivity contribution in [2.75, 3.05) is 0 Å². The zero-order chi connectivity index (χ0) is 90.8. The van der Waals surface area contributed by atoms with E-state index in [0.717, 1.165) is 172 Å². The number of rotatable bonds is 11. The van der Waals surface area contributed by atoms with Gasteiger partial charge in [-0.05, 0) is 244 Å². The maximum absolute atomic E-state index is 5.20. The minimum absolute atomic E-state index is 0.855. The average molecular weight is 1760 g/mol. The van der Waals surface area contributed by atoms with Crippen molar-refractivity contribution < 1.29 is 0 Å². The molecule has 0 unspecified atom stereocenters. The van der Waals surface area contributed by atoms with Crippen LogP contribution in [0.25, 0.3) is 254 Å². The SMILES string of the molecule is c1ccc(-c2ccc(-n3c4ccc(-c5ccc6c7ccccc7n(-c7ccccc7)c6c5)cc4c4nc5ccccc5nc43)cc2)cc1.c1ccc(-n2c3ccccc3c3cc(-c4ccc(-c5ccc6c(c5)c5nc7ccccc7nc5n6-c5ccccc5)cc4)ccc32)cc1.c1ccc(-n2c3cnccc3c3ccc(-c4ccc5c(c4)c4nc6ccccc6nc4n5-c4ccccc4)cc32)cc1. The molecule has 0 N–H and O–H groups in total. The minimum Gasteiger partial charge on any atom is -0.309 e. The normalized spacial score (nSPS) is 11.8. The molecule has 0 spiro atoms. The molecule has 0 aliphatic carbocycles. The van der Waals surface area contributed by atoms with Gasteiger partial charge >= 0.3 is 0 Å². The monoisotopic (exact) mass is 1760 g/mol. The van der Waals surface area contributed by atoms with Crippen molar-refractivity contribution in [3.8, 4) is 89.8 Å². The highest BCUT2D eigenvalue weighted by Crippen LogP contribution is 2.44. The van der Waals surface area contributed by atoms with Crippen LogP contribution in [0.5, 0.6) is 0 Å². The fourth-order valence-electron chi connectivity index (χ4n) is 20.8. The zero-order valence-corrected chi connectivity index (χ0v) is 74.4. The molecule has 13 heteroatoms. The Balaban J connectivity index is 0.000000105. The molecule has 644 valence electrons. The van der Waals surface area contributed by atoms with Crippen LogP contribution < -0.4 is 0 Å². The van der Waals surface area contributed by atoms with Crippen LogP contribution in [-0.2, 0) is 0 Å². The van der Waals surface area contributed by atoms with Crippen LogP contribution in [0.3, 0.4) is 0 Å². The van der Waals surface area contributed by atoms with Gasteiger partial charge in [0.1, 0.15) is 16.6 Å². The predicted molar refractivity (Wildman–Crippen MR) is 570 cm³/mol. The van der Waals surface area contributed by atoms with Gasteiger partial charge in [-0.1, -0.05) is 279 Å². The predicted octanol–water partition coefficient (Wildman–Crippen LogP) is 31.2. The molecule has 29 rings (SSSR count). The van der Waals surface area contributed by atoms with Gasteiger partial charge in [0.15, 0.2) is 16.9 Å². The second kappa shape index (κ2) is 32.6. The van der Waals surface area contributed by atoms with Gasteiger partial charge in [0.05, 0.1) is 88.9 Å². The van der Waals surface area contributed by atoms with E-state index in [2.05, 4.69) is 402 Å². The van der Waals surface area contributed by atoms with Gasteiger partial charge in [0.25, 0.3) is 0 Å². The first-order chi connectivity index (χ1) is 68.4. The number of nitrogens with zero attached hydrogens (tertiary/aromatic N) is 13. The van der Waals surface area contributed by atoms with Crippen molar-refractivity contribution >= 4 is 165 Å². The highest BCUT2D eigenvalue weighted by atomic mass is 15.1. The molecular weight excluding hydrogens is 1680 g/mol. The number of hydrogen-bond donors (Lipinski definition) is 0. The first kappa shape index (κ1) is 78.9. The number of benzene rings is 19. The van der Waals surface area contributed by atoms with Crippen molar-refractivity contribution in [1.29, 1.82) is 0 Å². The summed E-state index contributed by atoms with van der Waals surface area (Å²) >= 11 is 0. The van der Waals surface area contributed by atoms with Gasteiger partial charge in [0.2, 0.25) is 0 Å². The van der Waals surface area contributed by atoms with E-state index >= 15 is 0 Å². The van der Waals surface area contributed by atoms with Crippen LogP contribution >= 0.6 is 0 Å². The molecule has 0 saturated heterocycles. The maximum Gasteiger partial charge on any atom is 0.165 e. The van der Waals surface area contributed by atoms with Crippen LogP contribution in [-0.4, -0.2) is 62.3 Å². The summed E-state index contributed by atoms with van der Waals surface area (Å²) < 4.78 is 13.7. The van der Waals surface area contributed by atoms with E-state index in [9.17, 15) is 0 Å². The van der Waals surface area contributed by atoms with Gasteiger partial charge in [-0.2, -0.15) is 0 Å². The van der Waals surface area contributed by atoms with E-state index < -0.39 is 0 Å². The third kappa shape index (κ3) is 13.3. The molecule has 19 aromatic carbocycles. The Morgan fingerprint density at radius 1 is 0.138 bits per heavy atom. The van der Waals surface area contributed by atoms with Crippen molar-refractivity contribution in [2.45, 2.75) is 0 Å². The number of para-hydroxylation sites is 13. The van der Waals surface area contributed by atoms with Crippen LogP contribution in [0, 0.1) is 0 Å². The van der Waals surface area contributed by atoms with Gasteiger partial charge in [-0.25, -0.2) is 29.9 Å². The molecule has 0 radical (unpaired) electrons. The molecule has 0 aliphatic rings. The second-order valence-corrected chi connectivity index (χ2v) is 35.2. The molecule has 0 bridgehead atoms. The first-order valence-electron chi connectivity index (χ1n) is 46.6. The Morgan fingerprint density at radius 3 is 0.775 bits per heavy atom. The van der Waals surface area contributed by atoms with Crippen LogP contribution in [0.15, 0.2) is 480 Å². The summed E-state index contributed by atoms with van der Waals surface area (Å²) in [6.07, 6.45) is 3.82. The molecule has 0 amide bonds. The molecule has 13 nitrogen and oxygen atoms in total. The molecule has 138 heavy (non-hydrogen) atoms. The largest absolute Gasteiger partial charge is 0.309 e. The molecule has 0 fully saturated rings. The number of hydrogen-bond acceptors (Lipinski definition) is 7. The van der Waals surface area contributed by atoms with Gasteiger partial charge in [-0.15, -0.1) is 0 Å². The summed E-state index contributed by atoms with van der Waals surface area (Å²) in [6, 6.07) is 165. The Labute approximate surface area is 790 Å². The van der Waals surface area contributed by atoms with Crippen molar-refractivity contribution in [3.63, 3.8) is 0 Å². The fraction of sp³-hybridized carbons (Fsp3) is 0. The van der Waals surface area contributed by atoms with Crippen LogP contribution in [0.2, 0.25) is 0 Å². The smallest absolute Gasteiger partial charge is 0.165 e. The molecule has 0 atom stereocenters. The highest BCUT2D eigenvalue weighted by molar-refractivity contribution is 6.16. The summed E-state index contributed by atoms with van der Waals surface area (Å²) in [7, 11) is 0. The van der Waals surface area contributed by atoms with Crippen molar-refractivity contribution in [3.05, 3.63) is 480 Å². The van der Waals surface area contributed by atoms with Crippen molar-refractivity contribution in [2.24, 2.45) is 0 Å². The Hall–Kier alpha value is -18.9. The highest BCUT2D eigenvalue weighted by Gasteiger charge is 2.25. The average Bonchev–Trinajstić information content (AvgIpc) is 1.57. The molecule has 29 aromatic rings. The lowest BCUT2D eigenvalue weighted by atomic mass is 9.98. The molecular formula is C125H79N13. The number of aromatic nitrogens is 13. The standard InChI is InChI=1S/2C44H28N4.C37H23N5/c1-3-11-29(12-4-1)30-19-23-34(24-20-30)48-41-26-22-31(27-37(41)43-44(48)46-39-17-9-8-16-38(39)45-43)32-21-25-36-35-15-7-10-18-40(35)47(42(36)28-32)33-13-5-2-6-14-33;1-3-11-33(12-4-1)47-40-18-10-7-15-35(40)36-27-31(23-25-41(36)47)29-19-21-30(22-20-29)32-24-26-42-37(28-32)43-44(48(42)34-13-5-2-6-14-34)46-39-17-9-8-16-38(39)45-43;1-3-9-26(10-4-1)41-34-22-25(15-17-28(34)29-19-20-38-23-35(29)41)24-16-18-33-30(21-24)36-37(42(33)27-11-5-2-6-12-27)40-32-14-8-7-13-31(32)39-36/h2*1-28H;1-23H. The third-order valence-corrected chi connectivity index (χ3v) is 27.2. The van der Waals surface area contributed by atoms with E-state index in [-0.39, 0.29) is 0 Å². The number of pyridine rings is 1. The zero-order valence-electron chi connectivity index (χ0n) is 74.4. The molecule has 10 heterocycles. The third-order valence-electron chi connectivity index (χ3n) is 27.2. The summed E-state index contributed by atoms with van der Waals surface area (Å²) in [5, 5.41) is 10.7. The van der Waals surface area contributed by atoms with Gasteiger partial charge < -0.3 is 13.7 Å². The van der Waals surface area contributed by atoms with E-state index in [1.54, 1.807) is 0 Å². The summed E-state index contributed by atoms with van der Waals surface area (Å²) in [6.45, 7) is 0. The van der Waals surface area contributed by atoms with E-state index in [1.807, 2.05) is 109 Å². The van der Waals surface area contributed by atoms with E-state index in [0.29, 0.717) is 0 Å². The van der Waals surface area contributed by atoms with E-state index in [4.69, 9.17) is 29.9 Å². The second-order valence-electron chi connectivity index (χ2n) is 35.2. The number of fused-ring (bicyclic) bond motifs is 21. The van der Waals surface area contributed by atoms with Gasteiger partial charge in [-0.3, -0.25) is 18.7 Å². The summed E-state index contributed by atoms with van der Waals surface area (Å²) in [4.78, 5) is 35.3. The van der Waals surface area contributed by atoms with E-state index in [1.165, 1.54) is 82.3 Å². The van der Waals surface area contributed by atoms with Crippen molar-refractivity contribution in [1.82, 2.24) is 62.3 Å². The lowest BCUT2D eigenvalue weighted by Crippen LogP contribution is -1.96. The topological polar surface area (TPSA) is 120 Å². The molecule has 0 aliphatic heterocycles. The van der Waals surface area contributed by atoms with Crippen LogP contribution in [0.1, 0.15) is 0 Å². The summed E-state index contributed by atoms with van der Waals surface area (Å²) in [5.41, 5.74) is 39.3. The quantitative estimate of drug-likeness (QED) is 0.126. The minimum atomic E-state index is 0.855. The molecule has 10 aromatic heterocycles. The lowest BCUT2D eigenvalue weighted by molar-refractivity contribution is 1.14.